The van der Waals surface area contributed by atoms with Gasteiger partial charge in [0, 0.05) is 42.7 Å². The highest BCUT2D eigenvalue weighted by atomic mass is 35.5. The minimum absolute atomic E-state index is 0.00229. The van der Waals surface area contributed by atoms with Crippen LogP contribution in [0.15, 0.2) is 42.5 Å². The first-order valence-electron chi connectivity index (χ1n) is 10.8. The van der Waals surface area contributed by atoms with Gasteiger partial charge in [-0.15, -0.1) is 5.10 Å². The number of nitrogens with one attached hydrogen (secondary N) is 1. The Morgan fingerprint density at radius 1 is 1.16 bits per heavy atom. The first kappa shape index (κ1) is 22.4. The molecule has 4 rings (SSSR count). The molecule has 0 aliphatic carbocycles. The largest absolute Gasteiger partial charge is 0.379 e. The van der Waals surface area contributed by atoms with Crippen molar-refractivity contribution in [3.8, 4) is 16.8 Å². The number of nitrogens with zero attached hydrogens (tertiary/aromatic N) is 5. The standard InChI is InChI=1S/C23H27ClN6O2/c1-3-22-26-27-28-30(22)21-13-18(17-4-6-20(24)7-5-17)12-19(14-21)23(31)25-16(2)15-29-8-10-32-11-9-29/h4-7,12-14,16H,3,8-11,15H2,1-2H3,(H,25,31). The predicted octanol–water partition coefficient (Wildman–Crippen LogP) is 3.00. The highest BCUT2D eigenvalue weighted by Crippen LogP contribution is 2.26. The van der Waals surface area contributed by atoms with Crippen LogP contribution in [-0.4, -0.2) is 69.9 Å². The second-order valence-corrected chi connectivity index (χ2v) is 8.36. The van der Waals surface area contributed by atoms with E-state index in [2.05, 4.69) is 25.7 Å². The Morgan fingerprint density at radius 2 is 1.91 bits per heavy atom. The molecule has 1 unspecified atom stereocenters. The van der Waals surface area contributed by atoms with Crippen LogP contribution in [0.1, 0.15) is 30.0 Å². The lowest BCUT2D eigenvalue weighted by Gasteiger charge is -2.29. The number of benzene rings is 2. The number of aryl methyl sites for hydroxylation is 1. The topological polar surface area (TPSA) is 85.2 Å². The summed E-state index contributed by atoms with van der Waals surface area (Å²) in [5.74, 6) is 0.597. The van der Waals surface area contributed by atoms with Crippen LogP contribution in [-0.2, 0) is 11.2 Å². The van der Waals surface area contributed by atoms with Gasteiger partial charge in [-0.3, -0.25) is 9.69 Å². The van der Waals surface area contributed by atoms with Gasteiger partial charge in [0.05, 0.1) is 18.9 Å². The van der Waals surface area contributed by atoms with Gasteiger partial charge in [0.2, 0.25) is 0 Å². The van der Waals surface area contributed by atoms with E-state index >= 15 is 0 Å². The minimum atomic E-state index is -0.131. The molecule has 0 spiro atoms. The Labute approximate surface area is 192 Å². The maximum atomic E-state index is 13.2. The van der Waals surface area contributed by atoms with Crippen molar-refractivity contribution in [2.24, 2.45) is 0 Å². The van der Waals surface area contributed by atoms with E-state index in [1.54, 1.807) is 4.68 Å². The maximum absolute atomic E-state index is 13.2. The van der Waals surface area contributed by atoms with Gasteiger partial charge in [-0.05, 0) is 58.8 Å². The highest BCUT2D eigenvalue weighted by molar-refractivity contribution is 6.30. The molecule has 1 aliphatic rings. The summed E-state index contributed by atoms with van der Waals surface area (Å²) in [5.41, 5.74) is 3.14. The summed E-state index contributed by atoms with van der Waals surface area (Å²) >= 11 is 6.06. The van der Waals surface area contributed by atoms with Crippen LogP contribution in [0, 0.1) is 0 Å². The number of hydrogen-bond donors (Lipinski definition) is 1. The lowest BCUT2D eigenvalue weighted by atomic mass is 10.0. The lowest BCUT2D eigenvalue weighted by molar-refractivity contribution is 0.0342. The number of carbonyl (C=O) groups is 1. The molecule has 1 aromatic heterocycles. The molecule has 1 fully saturated rings. The van der Waals surface area contributed by atoms with E-state index in [9.17, 15) is 4.79 Å². The summed E-state index contributed by atoms with van der Waals surface area (Å²) < 4.78 is 7.08. The van der Waals surface area contributed by atoms with Crippen molar-refractivity contribution in [1.82, 2.24) is 30.4 Å². The van der Waals surface area contributed by atoms with Crippen molar-refractivity contribution in [3.63, 3.8) is 0 Å². The van der Waals surface area contributed by atoms with Crippen LogP contribution in [0.3, 0.4) is 0 Å². The molecular weight excluding hydrogens is 428 g/mol. The number of ether oxygens (including phenoxy) is 1. The molecule has 1 aliphatic heterocycles. The Bertz CT molecular complexity index is 1060. The van der Waals surface area contributed by atoms with E-state index in [1.807, 2.05) is 56.3 Å². The molecule has 1 saturated heterocycles. The molecule has 0 bridgehead atoms. The van der Waals surface area contributed by atoms with Crippen LogP contribution >= 0.6 is 11.6 Å². The van der Waals surface area contributed by atoms with Gasteiger partial charge in [-0.1, -0.05) is 30.7 Å². The lowest BCUT2D eigenvalue weighted by Crippen LogP contribution is -2.46. The van der Waals surface area contributed by atoms with E-state index < -0.39 is 0 Å². The molecule has 1 amide bonds. The van der Waals surface area contributed by atoms with Gasteiger partial charge >= 0.3 is 0 Å². The Hall–Kier alpha value is -2.81. The zero-order valence-electron chi connectivity index (χ0n) is 18.3. The van der Waals surface area contributed by atoms with Crippen molar-refractivity contribution >= 4 is 17.5 Å². The van der Waals surface area contributed by atoms with Crippen molar-refractivity contribution in [3.05, 3.63) is 58.9 Å². The fraction of sp³-hybridized carbons (Fsp3) is 0.391. The third-order valence-electron chi connectivity index (χ3n) is 5.47. The van der Waals surface area contributed by atoms with Crippen molar-refractivity contribution < 1.29 is 9.53 Å². The first-order chi connectivity index (χ1) is 15.5. The number of halogens is 1. The molecule has 3 aromatic rings. The fourth-order valence-electron chi connectivity index (χ4n) is 3.82. The predicted molar refractivity (Wildman–Crippen MR) is 123 cm³/mol. The van der Waals surface area contributed by atoms with Crippen LogP contribution in [0.2, 0.25) is 5.02 Å². The summed E-state index contributed by atoms with van der Waals surface area (Å²) in [5, 5.41) is 15.8. The third kappa shape index (κ3) is 5.32. The second-order valence-electron chi connectivity index (χ2n) is 7.92. The number of morpholine rings is 1. The van der Waals surface area contributed by atoms with E-state index in [-0.39, 0.29) is 11.9 Å². The summed E-state index contributed by atoms with van der Waals surface area (Å²) in [4.78, 5) is 15.5. The maximum Gasteiger partial charge on any atom is 0.251 e. The van der Waals surface area contributed by atoms with Crippen molar-refractivity contribution in [1.29, 1.82) is 0 Å². The van der Waals surface area contributed by atoms with E-state index in [1.165, 1.54) is 0 Å². The van der Waals surface area contributed by atoms with Gasteiger partial charge in [-0.25, -0.2) is 0 Å². The average Bonchev–Trinajstić information content (AvgIpc) is 3.29. The molecule has 2 heterocycles. The minimum Gasteiger partial charge on any atom is -0.379 e. The Balaban J connectivity index is 1.62. The number of amides is 1. The monoisotopic (exact) mass is 454 g/mol. The van der Waals surface area contributed by atoms with E-state index in [4.69, 9.17) is 16.3 Å². The van der Waals surface area contributed by atoms with Crippen LogP contribution in [0.25, 0.3) is 16.8 Å². The van der Waals surface area contributed by atoms with Gasteiger partial charge in [0.1, 0.15) is 0 Å². The number of tetrazole rings is 1. The highest BCUT2D eigenvalue weighted by Gasteiger charge is 2.18. The third-order valence-corrected chi connectivity index (χ3v) is 5.72. The molecule has 1 N–H and O–H groups in total. The summed E-state index contributed by atoms with van der Waals surface area (Å²) in [6.07, 6.45) is 0.677. The number of rotatable bonds is 7. The van der Waals surface area contributed by atoms with Crippen LogP contribution in [0.5, 0.6) is 0 Å². The molecule has 32 heavy (non-hydrogen) atoms. The molecule has 0 radical (unpaired) electrons. The number of carbonyl (C=O) groups excluding carboxylic acids is 1. The van der Waals surface area contributed by atoms with Crippen LogP contribution in [0.4, 0.5) is 0 Å². The van der Waals surface area contributed by atoms with Crippen LogP contribution < -0.4 is 5.32 Å². The molecule has 9 heteroatoms. The van der Waals surface area contributed by atoms with Crippen molar-refractivity contribution in [2.45, 2.75) is 26.3 Å². The quantitative estimate of drug-likeness (QED) is 0.590. The van der Waals surface area contributed by atoms with E-state index in [0.29, 0.717) is 17.0 Å². The molecule has 1 atom stereocenters. The molecule has 0 saturated carbocycles. The zero-order valence-corrected chi connectivity index (χ0v) is 19.0. The van der Waals surface area contributed by atoms with Gasteiger partial charge in [-0.2, -0.15) is 4.68 Å². The summed E-state index contributed by atoms with van der Waals surface area (Å²) in [6, 6.07) is 13.2. The SMILES string of the molecule is CCc1nnnn1-c1cc(C(=O)NC(C)CN2CCOCC2)cc(-c2ccc(Cl)cc2)c1. The average molecular weight is 455 g/mol. The Kier molecular flexibility index (Phi) is 7.14. The van der Waals surface area contributed by atoms with E-state index in [0.717, 1.165) is 55.5 Å². The fourth-order valence-corrected chi connectivity index (χ4v) is 3.95. The number of aromatic nitrogens is 4. The first-order valence-corrected chi connectivity index (χ1v) is 11.2. The Morgan fingerprint density at radius 3 is 2.62 bits per heavy atom. The van der Waals surface area contributed by atoms with Crippen molar-refractivity contribution in [2.75, 3.05) is 32.8 Å². The normalized spacial score (nSPS) is 15.5. The smallest absolute Gasteiger partial charge is 0.251 e. The van der Waals surface area contributed by atoms with Gasteiger partial charge < -0.3 is 10.1 Å². The molecule has 8 nitrogen and oxygen atoms in total. The summed E-state index contributed by atoms with van der Waals surface area (Å²) in [6.45, 7) is 8.04. The molecule has 168 valence electrons. The summed E-state index contributed by atoms with van der Waals surface area (Å²) in [7, 11) is 0. The molecule has 2 aromatic carbocycles. The number of hydrogen-bond acceptors (Lipinski definition) is 6. The zero-order chi connectivity index (χ0) is 22.5. The van der Waals surface area contributed by atoms with Gasteiger partial charge in [0.25, 0.3) is 5.91 Å². The van der Waals surface area contributed by atoms with Gasteiger partial charge in [0.15, 0.2) is 5.82 Å². The second kappa shape index (κ2) is 10.2. The molecular formula is C23H27ClN6O2.